The molecule has 0 atom stereocenters. The predicted octanol–water partition coefficient (Wildman–Crippen LogP) is 2.87. The van der Waals surface area contributed by atoms with Gasteiger partial charge in [0.25, 0.3) is 0 Å². The van der Waals surface area contributed by atoms with Gasteiger partial charge in [-0.2, -0.15) is 0 Å². The molecule has 1 aromatic heterocycles. The maximum atomic E-state index is 12.9. The third-order valence-electron chi connectivity index (χ3n) is 7.18. The number of benzene rings is 1. The van der Waals surface area contributed by atoms with Crippen LogP contribution in [0.15, 0.2) is 30.3 Å². The Labute approximate surface area is 205 Å². The summed E-state index contributed by atoms with van der Waals surface area (Å²) >= 11 is 0. The highest BCUT2D eigenvalue weighted by atomic mass is 16.5. The van der Waals surface area contributed by atoms with Crippen molar-refractivity contribution in [2.24, 2.45) is 5.41 Å². The van der Waals surface area contributed by atoms with Crippen molar-refractivity contribution in [2.75, 3.05) is 36.5 Å². The van der Waals surface area contributed by atoms with E-state index in [1.807, 2.05) is 30.3 Å². The van der Waals surface area contributed by atoms with Crippen LogP contribution in [0.25, 0.3) is 11.4 Å². The molecule has 1 saturated heterocycles. The Morgan fingerprint density at radius 2 is 1.66 bits per heavy atom. The molecule has 9 heteroatoms. The van der Waals surface area contributed by atoms with Gasteiger partial charge in [0, 0.05) is 54.6 Å². The number of rotatable bonds is 8. The lowest BCUT2D eigenvalue weighted by atomic mass is 9.98. The number of ether oxygens (including phenoxy) is 1. The molecule has 0 bridgehead atoms. The summed E-state index contributed by atoms with van der Waals surface area (Å²) in [6.07, 6.45) is 6.72. The summed E-state index contributed by atoms with van der Waals surface area (Å²) in [5, 5.41) is 9.00. The Morgan fingerprint density at radius 1 is 0.971 bits per heavy atom. The highest BCUT2D eigenvalue weighted by Gasteiger charge is 2.51. The number of hydrogen-bond donors (Lipinski definition) is 3. The first-order chi connectivity index (χ1) is 17.1. The van der Waals surface area contributed by atoms with E-state index in [0.29, 0.717) is 37.5 Å². The fourth-order valence-electron chi connectivity index (χ4n) is 4.49. The molecule has 9 nitrogen and oxygen atoms in total. The number of anilines is 2. The number of urea groups is 1. The van der Waals surface area contributed by atoms with E-state index in [-0.39, 0.29) is 17.4 Å². The van der Waals surface area contributed by atoms with Gasteiger partial charge in [-0.1, -0.05) is 0 Å². The van der Waals surface area contributed by atoms with Crippen molar-refractivity contribution in [3.63, 3.8) is 0 Å². The number of hydrogen-bond acceptors (Lipinski definition) is 6. The smallest absolute Gasteiger partial charge is 0.319 e. The molecule has 2 heterocycles. The lowest BCUT2D eigenvalue weighted by molar-refractivity contribution is -0.126. The van der Waals surface area contributed by atoms with Crippen LogP contribution in [0.3, 0.4) is 0 Å². The molecule has 3 aliphatic carbocycles. The average Bonchev–Trinajstić information content (AvgIpc) is 3.71. The van der Waals surface area contributed by atoms with E-state index in [9.17, 15) is 9.59 Å². The average molecular weight is 477 g/mol. The highest BCUT2D eigenvalue weighted by molar-refractivity contribution is 5.90. The van der Waals surface area contributed by atoms with Gasteiger partial charge in [-0.05, 0) is 62.8 Å². The molecule has 4 fully saturated rings. The van der Waals surface area contributed by atoms with Gasteiger partial charge in [-0.15, -0.1) is 0 Å². The van der Waals surface area contributed by atoms with Crippen molar-refractivity contribution < 1.29 is 14.3 Å². The summed E-state index contributed by atoms with van der Waals surface area (Å²) in [5.74, 6) is 1.68. The molecular weight excluding hydrogens is 444 g/mol. The maximum absolute atomic E-state index is 12.9. The Bertz CT molecular complexity index is 1100. The Kier molecular flexibility index (Phi) is 5.80. The fraction of sp³-hybridized carbons (Fsp3) is 0.538. The molecule has 3 saturated carbocycles. The van der Waals surface area contributed by atoms with E-state index in [1.165, 1.54) is 0 Å². The van der Waals surface area contributed by atoms with Crippen LogP contribution in [0.1, 0.15) is 44.2 Å². The van der Waals surface area contributed by atoms with Crippen LogP contribution in [0.2, 0.25) is 0 Å². The van der Waals surface area contributed by atoms with Crippen molar-refractivity contribution in [1.82, 2.24) is 20.6 Å². The van der Waals surface area contributed by atoms with Crippen LogP contribution < -0.4 is 20.9 Å². The van der Waals surface area contributed by atoms with E-state index in [2.05, 4.69) is 20.9 Å². The number of aromatic nitrogens is 2. The Hall–Kier alpha value is -3.20. The predicted molar refractivity (Wildman–Crippen MR) is 132 cm³/mol. The number of nitrogens with one attached hydrogen (secondary N) is 3. The van der Waals surface area contributed by atoms with Gasteiger partial charge in [0.15, 0.2) is 5.82 Å². The summed E-state index contributed by atoms with van der Waals surface area (Å²) in [6, 6.07) is 10.1. The zero-order valence-corrected chi connectivity index (χ0v) is 19.9. The molecule has 1 aliphatic heterocycles. The summed E-state index contributed by atoms with van der Waals surface area (Å²) < 4.78 is 5.53. The molecule has 6 rings (SSSR count). The third-order valence-corrected chi connectivity index (χ3v) is 7.18. The molecule has 3 amide bonds. The van der Waals surface area contributed by atoms with E-state index in [0.717, 1.165) is 74.4 Å². The lowest BCUT2D eigenvalue weighted by Gasteiger charge is -2.28. The largest absolute Gasteiger partial charge is 0.378 e. The standard InChI is InChI=1S/C26H32N6O3/c33-24(28-18-5-6-18)26(9-10-26)16-21-15-22(32-11-13-35-14-12-32)31-23(27-21)17-1-3-19(4-2-17)29-25(34)30-20-7-8-20/h1-4,15,18,20H,5-14,16H2,(H,28,33)(H2,29,30,34). The third kappa shape index (κ3) is 5.40. The first kappa shape index (κ1) is 22.3. The van der Waals surface area contributed by atoms with Crippen molar-refractivity contribution >= 4 is 23.4 Å². The van der Waals surface area contributed by atoms with Gasteiger partial charge < -0.3 is 25.6 Å². The van der Waals surface area contributed by atoms with Crippen molar-refractivity contribution in [3.05, 3.63) is 36.0 Å². The molecule has 0 spiro atoms. The summed E-state index contributed by atoms with van der Waals surface area (Å²) in [7, 11) is 0. The van der Waals surface area contributed by atoms with E-state index in [1.54, 1.807) is 0 Å². The van der Waals surface area contributed by atoms with Crippen LogP contribution in [0, 0.1) is 5.41 Å². The first-order valence-corrected chi connectivity index (χ1v) is 12.8. The summed E-state index contributed by atoms with van der Waals surface area (Å²) in [4.78, 5) is 36.9. The molecule has 0 radical (unpaired) electrons. The van der Waals surface area contributed by atoms with Crippen LogP contribution in [-0.4, -0.2) is 60.3 Å². The van der Waals surface area contributed by atoms with E-state index < -0.39 is 0 Å². The van der Waals surface area contributed by atoms with Crippen molar-refractivity contribution in [1.29, 1.82) is 0 Å². The fourth-order valence-corrected chi connectivity index (χ4v) is 4.49. The van der Waals surface area contributed by atoms with Crippen molar-refractivity contribution in [2.45, 2.75) is 57.0 Å². The Morgan fingerprint density at radius 3 is 2.31 bits per heavy atom. The first-order valence-electron chi connectivity index (χ1n) is 12.8. The number of morpholine rings is 1. The topological polar surface area (TPSA) is 108 Å². The molecule has 0 unspecified atom stereocenters. The van der Waals surface area contributed by atoms with Crippen LogP contribution in [0.5, 0.6) is 0 Å². The second-order valence-electron chi connectivity index (χ2n) is 10.3. The summed E-state index contributed by atoms with van der Waals surface area (Å²) in [6.45, 7) is 2.90. The molecular formula is C26H32N6O3. The number of carbonyl (C=O) groups is 2. The van der Waals surface area contributed by atoms with Gasteiger partial charge in [0.05, 0.1) is 18.6 Å². The van der Waals surface area contributed by atoms with Gasteiger partial charge in [0.2, 0.25) is 5.91 Å². The maximum Gasteiger partial charge on any atom is 0.319 e. The van der Waals surface area contributed by atoms with Crippen LogP contribution in [0.4, 0.5) is 16.3 Å². The molecule has 3 N–H and O–H groups in total. The van der Waals surface area contributed by atoms with E-state index >= 15 is 0 Å². The number of amides is 3. The molecule has 1 aromatic carbocycles. The number of carbonyl (C=O) groups excluding carboxylic acids is 2. The minimum atomic E-state index is -0.334. The van der Waals surface area contributed by atoms with Gasteiger partial charge in [-0.25, -0.2) is 14.8 Å². The minimum Gasteiger partial charge on any atom is -0.378 e. The quantitative estimate of drug-likeness (QED) is 0.541. The monoisotopic (exact) mass is 476 g/mol. The minimum absolute atomic E-state index is 0.174. The van der Waals surface area contributed by atoms with Crippen LogP contribution in [-0.2, 0) is 16.0 Å². The zero-order chi connectivity index (χ0) is 23.8. The zero-order valence-electron chi connectivity index (χ0n) is 19.9. The molecule has 184 valence electrons. The van der Waals surface area contributed by atoms with Gasteiger partial charge in [-0.3, -0.25) is 4.79 Å². The SMILES string of the molecule is O=C(Nc1ccc(-c2nc(CC3(C(=O)NC4CC4)CC3)cc(N3CCOCC3)n2)cc1)NC1CC1. The van der Waals surface area contributed by atoms with Gasteiger partial charge in [0.1, 0.15) is 5.82 Å². The second-order valence-corrected chi connectivity index (χ2v) is 10.3. The molecule has 35 heavy (non-hydrogen) atoms. The van der Waals surface area contributed by atoms with Gasteiger partial charge >= 0.3 is 6.03 Å². The van der Waals surface area contributed by atoms with Crippen LogP contribution >= 0.6 is 0 Å². The summed E-state index contributed by atoms with van der Waals surface area (Å²) in [5.41, 5.74) is 2.16. The Balaban J connectivity index is 1.23. The number of nitrogens with zero attached hydrogens (tertiary/aromatic N) is 3. The molecule has 2 aromatic rings. The van der Waals surface area contributed by atoms with Crippen molar-refractivity contribution in [3.8, 4) is 11.4 Å². The normalized spacial score (nSPS) is 20.7. The van der Waals surface area contributed by atoms with E-state index in [4.69, 9.17) is 14.7 Å². The highest BCUT2D eigenvalue weighted by Crippen LogP contribution is 2.49. The lowest BCUT2D eigenvalue weighted by Crippen LogP contribution is -2.37. The second kappa shape index (κ2) is 9.11. The molecule has 4 aliphatic rings.